The SMILES string of the molecule is CC1=CCC1COc1ccc(C#N)cc1. The van der Waals surface area contributed by atoms with Gasteiger partial charge in [-0.15, -0.1) is 0 Å². The highest BCUT2D eigenvalue weighted by molar-refractivity contribution is 5.34. The van der Waals surface area contributed by atoms with Gasteiger partial charge in [0.2, 0.25) is 0 Å². The fourth-order valence-corrected chi connectivity index (χ4v) is 1.54. The van der Waals surface area contributed by atoms with Crippen LogP contribution < -0.4 is 4.74 Å². The molecule has 1 aromatic carbocycles. The van der Waals surface area contributed by atoms with Gasteiger partial charge in [0.25, 0.3) is 0 Å². The Balaban J connectivity index is 1.89. The van der Waals surface area contributed by atoms with Gasteiger partial charge in [0.15, 0.2) is 0 Å². The summed E-state index contributed by atoms with van der Waals surface area (Å²) in [5.74, 6) is 1.43. The second kappa shape index (κ2) is 4.18. The zero-order chi connectivity index (χ0) is 10.7. The van der Waals surface area contributed by atoms with Crippen LogP contribution in [0.1, 0.15) is 18.9 Å². The molecule has 1 aliphatic rings. The Hall–Kier alpha value is -1.75. The average Bonchev–Trinajstić information content (AvgIpc) is 2.28. The molecule has 0 saturated heterocycles. The van der Waals surface area contributed by atoms with Crippen molar-refractivity contribution in [3.63, 3.8) is 0 Å². The molecule has 2 nitrogen and oxygen atoms in total. The van der Waals surface area contributed by atoms with E-state index in [2.05, 4.69) is 19.1 Å². The van der Waals surface area contributed by atoms with Crippen molar-refractivity contribution in [2.24, 2.45) is 5.92 Å². The Morgan fingerprint density at radius 3 is 2.60 bits per heavy atom. The van der Waals surface area contributed by atoms with Crippen LogP contribution in [0.3, 0.4) is 0 Å². The Labute approximate surface area is 89.8 Å². The van der Waals surface area contributed by atoms with Crippen molar-refractivity contribution >= 4 is 0 Å². The molecule has 15 heavy (non-hydrogen) atoms. The fraction of sp³-hybridized carbons (Fsp3) is 0.308. The third kappa shape index (κ3) is 2.19. The van der Waals surface area contributed by atoms with Gasteiger partial charge in [-0.2, -0.15) is 5.26 Å². The summed E-state index contributed by atoms with van der Waals surface area (Å²) in [4.78, 5) is 0. The second-order valence-corrected chi connectivity index (χ2v) is 3.83. The number of ether oxygens (including phenoxy) is 1. The quantitative estimate of drug-likeness (QED) is 0.701. The van der Waals surface area contributed by atoms with Crippen LogP contribution in [0.2, 0.25) is 0 Å². The van der Waals surface area contributed by atoms with Crippen LogP contribution in [0.4, 0.5) is 0 Å². The molecule has 0 bridgehead atoms. The number of rotatable bonds is 3. The van der Waals surface area contributed by atoms with Crippen LogP contribution in [-0.4, -0.2) is 6.61 Å². The largest absolute Gasteiger partial charge is 0.493 e. The highest BCUT2D eigenvalue weighted by atomic mass is 16.5. The summed E-state index contributed by atoms with van der Waals surface area (Å²) in [6.45, 7) is 2.88. The van der Waals surface area contributed by atoms with Crippen molar-refractivity contribution in [1.82, 2.24) is 0 Å². The summed E-state index contributed by atoms with van der Waals surface area (Å²) in [5.41, 5.74) is 2.09. The molecule has 0 fully saturated rings. The topological polar surface area (TPSA) is 33.0 Å². The van der Waals surface area contributed by atoms with Crippen molar-refractivity contribution in [1.29, 1.82) is 5.26 Å². The molecule has 2 rings (SSSR count). The molecule has 1 aliphatic carbocycles. The molecule has 0 N–H and O–H groups in total. The molecule has 1 unspecified atom stereocenters. The van der Waals surface area contributed by atoms with Crippen LogP contribution in [0.15, 0.2) is 35.9 Å². The molecule has 1 aromatic rings. The van der Waals surface area contributed by atoms with Gasteiger partial charge in [-0.3, -0.25) is 0 Å². The van der Waals surface area contributed by atoms with E-state index in [0.29, 0.717) is 11.5 Å². The molecule has 0 spiro atoms. The van der Waals surface area contributed by atoms with E-state index in [9.17, 15) is 0 Å². The first kappa shape index (κ1) is 9.79. The summed E-state index contributed by atoms with van der Waals surface area (Å²) < 4.78 is 5.63. The lowest BCUT2D eigenvalue weighted by atomic mass is 9.87. The monoisotopic (exact) mass is 199 g/mol. The van der Waals surface area contributed by atoms with Crippen LogP contribution in [0, 0.1) is 17.2 Å². The number of benzene rings is 1. The Kier molecular flexibility index (Phi) is 2.73. The highest BCUT2D eigenvalue weighted by Crippen LogP contribution is 2.27. The lowest BCUT2D eigenvalue weighted by molar-refractivity contribution is 0.259. The van der Waals surface area contributed by atoms with Gasteiger partial charge in [-0.1, -0.05) is 11.6 Å². The molecule has 0 heterocycles. The molecule has 1 atom stereocenters. The maximum atomic E-state index is 8.63. The smallest absolute Gasteiger partial charge is 0.119 e. The lowest BCUT2D eigenvalue weighted by Gasteiger charge is -2.24. The maximum absolute atomic E-state index is 8.63. The van der Waals surface area contributed by atoms with Gasteiger partial charge in [0, 0.05) is 5.92 Å². The summed E-state index contributed by atoms with van der Waals surface area (Å²) >= 11 is 0. The minimum atomic E-state index is 0.584. The van der Waals surface area contributed by atoms with Crippen LogP contribution in [0.25, 0.3) is 0 Å². The molecular formula is C13H13NO. The predicted molar refractivity (Wildman–Crippen MR) is 58.5 cm³/mol. The first-order valence-electron chi connectivity index (χ1n) is 5.09. The van der Waals surface area contributed by atoms with E-state index >= 15 is 0 Å². The molecule has 0 saturated carbocycles. The van der Waals surface area contributed by atoms with E-state index in [1.54, 1.807) is 12.1 Å². The minimum absolute atomic E-state index is 0.584. The summed E-state index contributed by atoms with van der Waals surface area (Å²) in [6, 6.07) is 9.32. The lowest BCUT2D eigenvalue weighted by Crippen LogP contribution is -2.18. The second-order valence-electron chi connectivity index (χ2n) is 3.83. The van der Waals surface area contributed by atoms with Crippen LogP contribution in [-0.2, 0) is 0 Å². The molecule has 0 aromatic heterocycles. The van der Waals surface area contributed by atoms with Crippen LogP contribution in [0.5, 0.6) is 5.75 Å². The highest BCUT2D eigenvalue weighted by Gasteiger charge is 2.17. The average molecular weight is 199 g/mol. The van der Waals surface area contributed by atoms with E-state index in [4.69, 9.17) is 10.00 Å². The number of nitrogens with zero attached hydrogens (tertiary/aromatic N) is 1. The standard InChI is InChI=1S/C13H13NO/c1-10-2-5-12(10)9-15-13-6-3-11(8-14)4-7-13/h2-4,6-7,12H,5,9H2,1H3. The van der Waals surface area contributed by atoms with Crippen molar-refractivity contribution in [2.75, 3.05) is 6.61 Å². The van der Waals surface area contributed by atoms with Gasteiger partial charge in [-0.25, -0.2) is 0 Å². The summed E-state index contributed by atoms with van der Waals surface area (Å²) in [6.07, 6.45) is 3.36. The zero-order valence-electron chi connectivity index (χ0n) is 8.73. The van der Waals surface area contributed by atoms with E-state index < -0.39 is 0 Å². The van der Waals surface area contributed by atoms with Gasteiger partial charge in [-0.05, 0) is 37.6 Å². The van der Waals surface area contributed by atoms with Gasteiger partial charge < -0.3 is 4.74 Å². The first-order chi connectivity index (χ1) is 7.29. The summed E-state index contributed by atoms with van der Waals surface area (Å²) in [7, 11) is 0. The maximum Gasteiger partial charge on any atom is 0.119 e. The number of nitriles is 1. The van der Waals surface area contributed by atoms with E-state index in [-0.39, 0.29) is 0 Å². The Morgan fingerprint density at radius 2 is 2.13 bits per heavy atom. The number of allylic oxidation sites excluding steroid dienone is 1. The van der Waals surface area contributed by atoms with Crippen molar-refractivity contribution in [3.8, 4) is 11.8 Å². The normalized spacial score (nSPS) is 18.7. The molecule has 0 amide bonds. The van der Waals surface area contributed by atoms with E-state index in [0.717, 1.165) is 18.8 Å². The predicted octanol–water partition coefficient (Wildman–Crippen LogP) is 2.90. The Bertz CT molecular complexity index is 411. The number of hydrogen-bond donors (Lipinski definition) is 0. The van der Waals surface area contributed by atoms with Crippen molar-refractivity contribution in [3.05, 3.63) is 41.5 Å². The van der Waals surface area contributed by atoms with E-state index in [1.165, 1.54) is 5.57 Å². The van der Waals surface area contributed by atoms with Crippen molar-refractivity contribution < 1.29 is 4.74 Å². The Morgan fingerprint density at radius 1 is 1.40 bits per heavy atom. The first-order valence-corrected chi connectivity index (χ1v) is 5.09. The zero-order valence-corrected chi connectivity index (χ0v) is 8.73. The van der Waals surface area contributed by atoms with Crippen LogP contribution >= 0.6 is 0 Å². The van der Waals surface area contributed by atoms with E-state index in [1.807, 2.05) is 12.1 Å². The molecule has 0 aliphatic heterocycles. The van der Waals surface area contributed by atoms with Crippen molar-refractivity contribution in [2.45, 2.75) is 13.3 Å². The number of hydrogen-bond acceptors (Lipinski definition) is 2. The third-order valence-electron chi connectivity index (χ3n) is 2.80. The van der Waals surface area contributed by atoms with Gasteiger partial charge in [0.05, 0.1) is 18.2 Å². The third-order valence-corrected chi connectivity index (χ3v) is 2.80. The molecule has 76 valence electrons. The molecule has 2 heteroatoms. The summed E-state index contributed by atoms with van der Waals surface area (Å²) in [5, 5.41) is 8.63. The van der Waals surface area contributed by atoms with Gasteiger partial charge in [0.1, 0.15) is 5.75 Å². The molecular weight excluding hydrogens is 186 g/mol. The van der Waals surface area contributed by atoms with Gasteiger partial charge >= 0.3 is 0 Å². The fourth-order valence-electron chi connectivity index (χ4n) is 1.54. The molecule has 0 radical (unpaired) electrons. The minimum Gasteiger partial charge on any atom is -0.493 e.